The lowest BCUT2D eigenvalue weighted by Gasteiger charge is -2.38. The van der Waals surface area contributed by atoms with E-state index in [0.29, 0.717) is 47.5 Å². The van der Waals surface area contributed by atoms with Gasteiger partial charge in [-0.15, -0.1) is 0 Å². The molecule has 0 bridgehead atoms. The second kappa shape index (κ2) is 16.2. The molecule has 1 aromatic carbocycles. The SMILES string of the molecule is C=C/C(=C\C1=C(C)CCC(=O)N1C(OC(=O)N(C)CC)C(C)C)OCCCCN1CCN(c2cccc(Cl)c2Cl)CC1. The Morgan fingerprint density at radius 3 is 2.50 bits per heavy atom. The molecule has 3 rings (SSSR count). The summed E-state index contributed by atoms with van der Waals surface area (Å²) in [6.45, 7) is 17.5. The van der Waals surface area contributed by atoms with Crippen molar-refractivity contribution in [1.82, 2.24) is 14.7 Å². The minimum absolute atomic E-state index is 0.0707. The Balaban J connectivity index is 1.54. The van der Waals surface area contributed by atoms with E-state index in [1.807, 2.05) is 52.0 Å². The Hall–Kier alpha value is -2.68. The second-order valence-corrected chi connectivity index (χ2v) is 12.0. The van der Waals surface area contributed by atoms with Gasteiger partial charge in [-0.2, -0.15) is 0 Å². The number of carbonyl (C=O) groups excluding carboxylic acids is 2. The summed E-state index contributed by atoms with van der Waals surface area (Å²) in [6, 6.07) is 5.77. The van der Waals surface area contributed by atoms with Crippen LogP contribution in [-0.2, 0) is 14.3 Å². The predicted molar refractivity (Wildman–Crippen MR) is 171 cm³/mol. The average molecular weight is 622 g/mol. The van der Waals surface area contributed by atoms with Crippen molar-refractivity contribution in [3.63, 3.8) is 0 Å². The van der Waals surface area contributed by atoms with Crippen molar-refractivity contribution in [1.29, 1.82) is 0 Å². The van der Waals surface area contributed by atoms with E-state index in [1.165, 1.54) is 4.90 Å². The van der Waals surface area contributed by atoms with Crippen molar-refractivity contribution in [2.75, 3.05) is 57.8 Å². The molecule has 42 heavy (non-hydrogen) atoms. The third-order valence-corrected chi connectivity index (χ3v) is 8.58. The second-order valence-electron chi connectivity index (χ2n) is 11.2. The topological polar surface area (TPSA) is 65.6 Å². The van der Waals surface area contributed by atoms with Crippen LogP contribution in [0.25, 0.3) is 0 Å². The molecule has 1 saturated heterocycles. The van der Waals surface area contributed by atoms with E-state index in [2.05, 4.69) is 16.4 Å². The molecule has 0 radical (unpaired) electrons. The molecule has 0 saturated carbocycles. The third-order valence-electron chi connectivity index (χ3n) is 7.77. The maximum atomic E-state index is 13.1. The molecular weight excluding hydrogens is 575 g/mol. The number of ether oxygens (including phenoxy) is 2. The molecule has 1 fully saturated rings. The summed E-state index contributed by atoms with van der Waals surface area (Å²) < 4.78 is 11.9. The van der Waals surface area contributed by atoms with E-state index in [4.69, 9.17) is 32.7 Å². The zero-order valence-electron chi connectivity index (χ0n) is 25.7. The van der Waals surface area contributed by atoms with Crippen LogP contribution < -0.4 is 4.90 Å². The Labute approximate surface area is 261 Å². The molecule has 1 unspecified atom stereocenters. The highest BCUT2D eigenvalue weighted by Gasteiger charge is 2.35. The summed E-state index contributed by atoms with van der Waals surface area (Å²) in [4.78, 5) is 33.6. The molecule has 0 aromatic heterocycles. The Morgan fingerprint density at radius 1 is 1.14 bits per heavy atom. The van der Waals surface area contributed by atoms with Crippen LogP contribution in [0.5, 0.6) is 0 Å². The number of hydrogen-bond acceptors (Lipinski definition) is 6. The monoisotopic (exact) mass is 620 g/mol. The largest absolute Gasteiger partial charge is 0.494 e. The number of anilines is 1. The highest BCUT2D eigenvalue weighted by atomic mass is 35.5. The maximum Gasteiger partial charge on any atom is 0.411 e. The van der Waals surface area contributed by atoms with Gasteiger partial charge in [-0.3, -0.25) is 14.6 Å². The number of amides is 2. The molecule has 1 aromatic rings. The van der Waals surface area contributed by atoms with Crippen LogP contribution in [0, 0.1) is 5.92 Å². The summed E-state index contributed by atoms with van der Waals surface area (Å²) in [6.07, 6.45) is 5.26. The minimum Gasteiger partial charge on any atom is -0.494 e. The van der Waals surface area contributed by atoms with Crippen molar-refractivity contribution in [3.05, 3.63) is 64.0 Å². The number of nitrogens with zero attached hydrogens (tertiary/aromatic N) is 4. The first-order valence-corrected chi connectivity index (χ1v) is 15.6. The molecule has 8 nitrogen and oxygen atoms in total. The summed E-state index contributed by atoms with van der Waals surface area (Å²) in [5, 5.41) is 1.20. The van der Waals surface area contributed by atoms with E-state index in [1.54, 1.807) is 18.0 Å². The fraction of sp³-hybridized carbons (Fsp3) is 0.562. The predicted octanol–water partition coefficient (Wildman–Crippen LogP) is 6.95. The van der Waals surface area contributed by atoms with Crippen molar-refractivity contribution in [3.8, 4) is 0 Å². The third kappa shape index (κ3) is 8.91. The van der Waals surface area contributed by atoms with Gasteiger partial charge in [0.05, 0.1) is 22.3 Å². The first-order valence-electron chi connectivity index (χ1n) is 14.9. The van der Waals surface area contributed by atoms with Gasteiger partial charge in [0.1, 0.15) is 5.76 Å². The molecule has 232 valence electrons. The van der Waals surface area contributed by atoms with Gasteiger partial charge in [0.15, 0.2) is 6.23 Å². The van der Waals surface area contributed by atoms with Crippen LogP contribution in [0.2, 0.25) is 10.0 Å². The zero-order chi connectivity index (χ0) is 30.8. The lowest BCUT2D eigenvalue weighted by molar-refractivity contribution is -0.141. The molecule has 1 atom stereocenters. The van der Waals surface area contributed by atoms with E-state index in [-0.39, 0.29) is 11.8 Å². The van der Waals surface area contributed by atoms with E-state index < -0.39 is 12.3 Å². The molecule has 2 aliphatic rings. The maximum absolute atomic E-state index is 13.1. The Kier molecular flexibility index (Phi) is 13.1. The van der Waals surface area contributed by atoms with Crippen LogP contribution in [0.15, 0.2) is 54.0 Å². The van der Waals surface area contributed by atoms with Crippen molar-refractivity contribution >= 4 is 40.9 Å². The molecule has 2 amide bonds. The number of piperazine rings is 1. The number of allylic oxidation sites excluding steroid dienone is 3. The van der Waals surface area contributed by atoms with Gasteiger partial charge < -0.3 is 19.3 Å². The van der Waals surface area contributed by atoms with Gasteiger partial charge >= 0.3 is 6.09 Å². The normalized spacial score (nSPS) is 17.5. The van der Waals surface area contributed by atoms with Crippen LogP contribution in [0.1, 0.15) is 53.4 Å². The first-order chi connectivity index (χ1) is 20.1. The minimum atomic E-state index is -0.720. The Morgan fingerprint density at radius 2 is 1.86 bits per heavy atom. The van der Waals surface area contributed by atoms with Gasteiger partial charge in [0.2, 0.25) is 5.91 Å². The number of halogens is 2. The van der Waals surface area contributed by atoms with Crippen LogP contribution in [-0.4, -0.2) is 85.9 Å². The lowest BCUT2D eigenvalue weighted by Crippen LogP contribution is -2.48. The summed E-state index contributed by atoms with van der Waals surface area (Å²) >= 11 is 12.6. The molecule has 0 N–H and O–H groups in total. The zero-order valence-corrected chi connectivity index (χ0v) is 27.2. The van der Waals surface area contributed by atoms with Crippen molar-refractivity contribution < 1.29 is 19.1 Å². The molecule has 0 spiro atoms. The van der Waals surface area contributed by atoms with Crippen molar-refractivity contribution in [2.24, 2.45) is 5.92 Å². The molecule has 10 heteroatoms. The highest BCUT2D eigenvalue weighted by molar-refractivity contribution is 6.43. The average Bonchev–Trinajstić information content (AvgIpc) is 2.98. The number of unbranched alkanes of at least 4 members (excludes halogenated alkanes) is 1. The standard InChI is InChI=1S/C32H46Cl2N4O4/c1-7-25(22-28-24(5)14-15-29(39)38(28)31(23(3)4)42-32(40)35(6)8-2)41-21-10-9-16-36-17-19-37(20-18-36)27-13-11-12-26(33)30(27)34/h7,11-13,22-23,31H,1,8-10,14-21H2,2-6H3/b25-22+. The van der Waals surface area contributed by atoms with Gasteiger partial charge in [-0.1, -0.05) is 49.7 Å². The van der Waals surface area contributed by atoms with Gasteiger partial charge in [0, 0.05) is 63.9 Å². The summed E-state index contributed by atoms with van der Waals surface area (Å²) in [5.41, 5.74) is 2.75. The number of carbonyl (C=O) groups is 2. The Bertz CT molecular complexity index is 1160. The number of rotatable bonds is 13. The van der Waals surface area contributed by atoms with Gasteiger partial charge in [-0.05, 0) is 63.4 Å². The highest BCUT2D eigenvalue weighted by Crippen LogP contribution is 2.33. The fourth-order valence-corrected chi connectivity index (χ4v) is 5.45. The quantitative estimate of drug-likeness (QED) is 0.135. The number of hydrogen-bond donors (Lipinski definition) is 0. The van der Waals surface area contributed by atoms with E-state index in [0.717, 1.165) is 56.8 Å². The number of benzene rings is 1. The summed E-state index contributed by atoms with van der Waals surface area (Å²) in [5.74, 6) is 0.420. The molecular formula is C32H46Cl2N4O4. The van der Waals surface area contributed by atoms with Crippen LogP contribution in [0.3, 0.4) is 0 Å². The van der Waals surface area contributed by atoms with E-state index >= 15 is 0 Å². The molecule has 2 heterocycles. The molecule has 0 aliphatic carbocycles. The fourth-order valence-electron chi connectivity index (χ4n) is 5.03. The first kappa shape index (κ1) is 33.8. The lowest BCUT2D eigenvalue weighted by atomic mass is 9.99. The van der Waals surface area contributed by atoms with Crippen LogP contribution >= 0.6 is 23.2 Å². The molecule has 2 aliphatic heterocycles. The van der Waals surface area contributed by atoms with Crippen molar-refractivity contribution in [2.45, 2.75) is 59.6 Å². The summed E-state index contributed by atoms with van der Waals surface area (Å²) in [7, 11) is 1.68. The van der Waals surface area contributed by atoms with E-state index in [9.17, 15) is 9.59 Å². The van der Waals surface area contributed by atoms with Gasteiger partial charge in [-0.25, -0.2) is 4.79 Å². The smallest absolute Gasteiger partial charge is 0.411 e. The van der Waals surface area contributed by atoms with Crippen LogP contribution in [0.4, 0.5) is 10.5 Å². The van der Waals surface area contributed by atoms with Gasteiger partial charge in [0.25, 0.3) is 0 Å².